The molecule has 2 aromatic rings. The third-order valence-electron chi connectivity index (χ3n) is 4.92. The number of aromatic amines is 1. The van der Waals surface area contributed by atoms with Gasteiger partial charge in [0.2, 0.25) is 5.56 Å². The summed E-state index contributed by atoms with van der Waals surface area (Å²) in [4.78, 5) is 26.6. The van der Waals surface area contributed by atoms with E-state index in [-0.39, 0.29) is 17.2 Å². The normalized spacial score (nSPS) is 21.9. The number of ether oxygens (including phenoxy) is 2. The first-order valence-electron chi connectivity index (χ1n) is 9.15. The summed E-state index contributed by atoms with van der Waals surface area (Å²) in [5, 5.41) is 6.17. The average molecular weight is 372 g/mol. The Bertz CT molecular complexity index is 924. The summed E-state index contributed by atoms with van der Waals surface area (Å²) in [5.74, 6) is 0.763. The predicted molar refractivity (Wildman–Crippen MR) is 101 cm³/mol. The van der Waals surface area contributed by atoms with E-state index in [2.05, 4.69) is 29.6 Å². The largest absolute Gasteiger partial charge is 0.489 e. The van der Waals surface area contributed by atoms with Gasteiger partial charge in [0.25, 0.3) is 0 Å². The number of aromatic nitrogens is 1. The first-order valence-corrected chi connectivity index (χ1v) is 9.15. The van der Waals surface area contributed by atoms with Gasteiger partial charge < -0.3 is 19.8 Å². The standard InChI is InChI=1S/C19H24N4O4/c1-19(2)11-23(8-7-20-19)22-18(25)27-12-9-14-13-3-6-17(24)21-15(13)4-5-16(14)26-10-12/h3-6,12,20H,7-11H2,1-2H3,(H,21,24)(H,22,25). The van der Waals surface area contributed by atoms with Crippen LogP contribution in [0.4, 0.5) is 4.79 Å². The van der Waals surface area contributed by atoms with E-state index < -0.39 is 6.09 Å². The minimum atomic E-state index is -0.474. The highest BCUT2D eigenvalue weighted by Crippen LogP contribution is 2.31. The van der Waals surface area contributed by atoms with Gasteiger partial charge in [-0.3, -0.25) is 10.2 Å². The van der Waals surface area contributed by atoms with E-state index >= 15 is 0 Å². The monoisotopic (exact) mass is 372 g/mol. The number of piperazine rings is 1. The predicted octanol–water partition coefficient (Wildman–Crippen LogP) is 1.16. The van der Waals surface area contributed by atoms with Gasteiger partial charge in [0.15, 0.2) is 0 Å². The Morgan fingerprint density at radius 2 is 2.19 bits per heavy atom. The first-order chi connectivity index (χ1) is 12.9. The lowest BCUT2D eigenvalue weighted by molar-refractivity contribution is 0.0292. The highest BCUT2D eigenvalue weighted by atomic mass is 16.6. The Labute approximate surface area is 156 Å². The number of hydrogen-bond acceptors (Lipinski definition) is 6. The number of benzene rings is 1. The summed E-state index contributed by atoms with van der Waals surface area (Å²) in [5.41, 5.74) is 4.30. The number of fused-ring (bicyclic) bond motifs is 3. The summed E-state index contributed by atoms with van der Waals surface area (Å²) >= 11 is 0. The highest BCUT2D eigenvalue weighted by Gasteiger charge is 2.29. The molecule has 8 nitrogen and oxygen atoms in total. The molecule has 1 aromatic carbocycles. The van der Waals surface area contributed by atoms with Gasteiger partial charge in [-0.1, -0.05) is 0 Å². The molecule has 3 N–H and O–H groups in total. The van der Waals surface area contributed by atoms with Gasteiger partial charge in [-0.05, 0) is 32.0 Å². The number of nitrogens with one attached hydrogen (secondary N) is 3. The summed E-state index contributed by atoms with van der Waals surface area (Å²) in [6.45, 7) is 6.71. The Morgan fingerprint density at radius 3 is 3.00 bits per heavy atom. The van der Waals surface area contributed by atoms with Gasteiger partial charge in [-0.25, -0.2) is 9.80 Å². The number of amides is 1. The molecule has 0 radical (unpaired) electrons. The minimum absolute atomic E-state index is 0.0613. The molecule has 4 rings (SSSR count). The number of nitrogens with zero attached hydrogens (tertiary/aromatic N) is 1. The zero-order valence-corrected chi connectivity index (χ0v) is 15.5. The third-order valence-corrected chi connectivity index (χ3v) is 4.92. The molecular weight excluding hydrogens is 348 g/mol. The number of pyridine rings is 1. The minimum Gasteiger partial charge on any atom is -0.489 e. The van der Waals surface area contributed by atoms with E-state index in [4.69, 9.17) is 9.47 Å². The summed E-state index contributed by atoms with van der Waals surface area (Å²) in [7, 11) is 0. The second-order valence-electron chi connectivity index (χ2n) is 7.71. The molecule has 0 saturated carbocycles. The fraction of sp³-hybridized carbons (Fsp3) is 0.474. The SMILES string of the molecule is CC1(C)CN(NC(=O)OC2COc3ccc4[nH]c(=O)ccc4c3C2)CCN1. The number of rotatable bonds is 2. The molecule has 2 aliphatic rings. The molecule has 0 bridgehead atoms. The van der Waals surface area contributed by atoms with Gasteiger partial charge >= 0.3 is 6.09 Å². The van der Waals surface area contributed by atoms with Gasteiger partial charge in [0, 0.05) is 54.1 Å². The van der Waals surface area contributed by atoms with Crippen molar-refractivity contribution < 1.29 is 14.3 Å². The van der Waals surface area contributed by atoms with Crippen molar-refractivity contribution in [2.45, 2.75) is 31.9 Å². The van der Waals surface area contributed by atoms with Gasteiger partial charge in [-0.15, -0.1) is 0 Å². The zero-order chi connectivity index (χ0) is 19.0. The quantitative estimate of drug-likeness (QED) is 0.732. The maximum Gasteiger partial charge on any atom is 0.422 e. The second-order valence-corrected chi connectivity index (χ2v) is 7.71. The van der Waals surface area contributed by atoms with Crippen LogP contribution in [-0.2, 0) is 11.2 Å². The van der Waals surface area contributed by atoms with Crippen LogP contribution in [0.2, 0.25) is 0 Å². The number of hydrazine groups is 1. The fourth-order valence-electron chi connectivity index (χ4n) is 3.71. The van der Waals surface area contributed by atoms with Crippen molar-refractivity contribution in [2.75, 3.05) is 26.2 Å². The smallest absolute Gasteiger partial charge is 0.422 e. The molecule has 8 heteroatoms. The maximum atomic E-state index is 12.3. The lowest BCUT2D eigenvalue weighted by Crippen LogP contribution is -2.61. The van der Waals surface area contributed by atoms with Crippen molar-refractivity contribution in [3.63, 3.8) is 0 Å². The van der Waals surface area contributed by atoms with E-state index in [0.29, 0.717) is 19.6 Å². The molecule has 0 spiro atoms. The van der Waals surface area contributed by atoms with Crippen molar-refractivity contribution >= 4 is 17.0 Å². The van der Waals surface area contributed by atoms with E-state index in [0.717, 1.165) is 35.3 Å². The average Bonchev–Trinajstić information content (AvgIpc) is 2.60. The Morgan fingerprint density at radius 1 is 1.33 bits per heavy atom. The van der Waals surface area contributed by atoms with Gasteiger partial charge in [-0.2, -0.15) is 0 Å². The fourth-order valence-corrected chi connectivity index (χ4v) is 3.71. The molecule has 144 valence electrons. The van der Waals surface area contributed by atoms with Crippen LogP contribution in [0, 0.1) is 0 Å². The van der Waals surface area contributed by atoms with Gasteiger partial charge in [0.05, 0.1) is 0 Å². The molecular formula is C19H24N4O4. The van der Waals surface area contributed by atoms with E-state index in [1.807, 2.05) is 17.1 Å². The molecule has 1 atom stereocenters. The van der Waals surface area contributed by atoms with Crippen LogP contribution in [0.5, 0.6) is 5.75 Å². The lowest BCUT2D eigenvalue weighted by Gasteiger charge is -2.38. The maximum absolute atomic E-state index is 12.3. The molecule has 1 amide bonds. The summed E-state index contributed by atoms with van der Waals surface area (Å²) in [6.07, 6.45) is -0.316. The van der Waals surface area contributed by atoms with E-state index in [9.17, 15) is 9.59 Å². The molecule has 1 fully saturated rings. The van der Waals surface area contributed by atoms with Crippen molar-refractivity contribution in [2.24, 2.45) is 0 Å². The van der Waals surface area contributed by atoms with Crippen LogP contribution in [0.25, 0.3) is 10.9 Å². The van der Waals surface area contributed by atoms with E-state index in [1.54, 1.807) is 6.07 Å². The van der Waals surface area contributed by atoms with Crippen LogP contribution in [-0.4, -0.2) is 54.0 Å². The Balaban J connectivity index is 1.43. The molecule has 27 heavy (non-hydrogen) atoms. The Hall–Kier alpha value is -2.58. The van der Waals surface area contributed by atoms with Gasteiger partial charge in [0.1, 0.15) is 18.5 Å². The molecule has 1 saturated heterocycles. The molecule has 1 aromatic heterocycles. The molecule has 0 aliphatic carbocycles. The highest BCUT2D eigenvalue weighted by molar-refractivity contribution is 5.84. The molecule has 3 heterocycles. The number of hydrogen-bond donors (Lipinski definition) is 3. The van der Waals surface area contributed by atoms with Crippen molar-refractivity contribution in [3.8, 4) is 5.75 Å². The van der Waals surface area contributed by atoms with Crippen LogP contribution in [0.15, 0.2) is 29.1 Å². The number of H-pyrrole nitrogens is 1. The summed E-state index contributed by atoms with van der Waals surface area (Å²) in [6, 6.07) is 6.94. The van der Waals surface area contributed by atoms with Crippen LogP contribution in [0.1, 0.15) is 19.4 Å². The molecule has 2 aliphatic heterocycles. The molecule has 1 unspecified atom stereocenters. The van der Waals surface area contributed by atoms with Crippen molar-refractivity contribution in [1.29, 1.82) is 0 Å². The summed E-state index contributed by atoms with van der Waals surface area (Å²) < 4.78 is 11.4. The number of carbonyl (C=O) groups is 1. The van der Waals surface area contributed by atoms with Crippen LogP contribution in [0.3, 0.4) is 0 Å². The van der Waals surface area contributed by atoms with E-state index in [1.165, 1.54) is 6.07 Å². The lowest BCUT2D eigenvalue weighted by atomic mass is 9.99. The van der Waals surface area contributed by atoms with Crippen LogP contribution >= 0.6 is 0 Å². The third kappa shape index (κ3) is 3.91. The topological polar surface area (TPSA) is 95.7 Å². The number of carbonyl (C=O) groups excluding carboxylic acids is 1. The first kappa shape index (κ1) is 17.8. The van der Waals surface area contributed by atoms with Crippen molar-refractivity contribution in [1.82, 2.24) is 20.7 Å². The zero-order valence-electron chi connectivity index (χ0n) is 15.5. The Kier molecular flexibility index (Phi) is 4.53. The van der Waals surface area contributed by atoms with Crippen molar-refractivity contribution in [3.05, 3.63) is 40.2 Å². The second kappa shape index (κ2) is 6.86. The van der Waals surface area contributed by atoms with Crippen LogP contribution < -0.4 is 21.0 Å².